The van der Waals surface area contributed by atoms with Crippen LogP contribution in [0.3, 0.4) is 0 Å². The summed E-state index contributed by atoms with van der Waals surface area (Å²) in [7, 11) is 1.79. The molecule has 1 aliphatic rings. The van der Waals surface area contributed by atoms with Gasteiger partial charge in [-0.3, -0.25) is 14.2 Å². The number of benzene rings is 1. The molecule has 0 N–H and O–H groups in total. The van der Waals surface area contributed by atoms with Gasteiger partial charge in [-0.25, -0.2) is 4.98 Å². The molecule has 0 saturated heterocycles. The van der Waals surface area contributed by atoms with E-state index in [1.165, 1.54) is 28.6 Å². The number of carbonyl (C=O) groups excluding carboxylic acids is 1. The Morgan fingerprint density at radius 2 is 2.00 bits per heavy atom. The first-order valence-electron chi connectivity index (χ1n) is 9.59. The lowest BCUT2D eigenvalue weighted by molar-refractivity contribution is -0.126. The molecule has 4 rings (SSSR count). The van der Waals surface area contributed by atoms with Gasteiger partial charge in [-0.2, -0.15) is 0 Å². The second-order valence-electron chi connectivity index (χ2n) is 6.96. The van der Waals surface area contributed by atoms with Gasteiger partial charge >= 0.3 is 0 Å². The van der Waals surface area contributed by atoms with Crippen LogP contribution in [-0.4, -0.2) is 39.7 Å². The van der Waals surface area contributed by atoms with Gasteiger partial charge in [-0.15, -0.1) is 11.3 Å². The van der Waals surface area contributed by atoms with Gasteiger partial charge in [0.25, 0.3) is 5.56 Å². The van der Waals surface area contributed by atoms with Crippen LogP contribution in [0.4, 0.5) is 0 Å². The highest BCUT2D eigenvalue weighted by atomic mass is 32.2. The molecule has 0 saturated carbocycles. The van der Waals surface area contributed by atoms with Crippen LogP contribution in [0.5, 0.6) is 0 Å². The summed E-state index contributed by atoms with van der Waals surface area (Å²) < 4.78 is 1.67. The predicted molar refractivity (Wildman–Crippen MR) is 116 cm³/mol. The van der Waals surface area contributed by atoms with Crippen LogP contribution in [0, 0.1) is 0 Å². The summed E-state index contributed by atoms with van der Waals surface area (Å²) in [5.74, 6) is 0.298. The van der Waals surface area contributed by atoms with Crippen LogP contribution in [0.1, 0.15) is 30.2 Å². The summed E-state index contributed by atoms with van der Waals surface area (Å²) in [6.07, 6.45) is 4.28. The molecule has 1 aliphatic carbocycles. The fraction of sp³-hybridized carbons (Fsp3) is 0.381. The fourth-order valence-corrected chi connectivity index (χ4v) is 5.76. The van der Waals surface area contributed by atoms with E-state index in [9.17, 15) is 9.59 Å². The highest BCUT2D eigenvalue weighted by Gasteiger charge is 2.23. The summed E-state index contributed by atoms with van der Waals surface area (Å²) >= 11 is 2.98. The molecule has 0 fully saturated rings. The highest BCUT2D eigenvalue weighted by Crippen LogP contribution is 2.35. The zero-order chi connectivity index (χ0) is 19.7. The lowest BCUT2D eigenvalue weighted by atomic mass is 9.97. The number of amides is 1. The van der Waals surface area contributed by atoms with Crippen molar-refractivity contribution >= 4 is 39.2 Å². The van der Waals surface area contributed by atoms with Gasteiger partial charge in [0.05, 0.1) is 16.8 Å². The number of para-hydroxylation sites is 1. The van der Waals surface area contributed by atoms with Crippen LogP contribution < -0.4 is 5.56 Å². The summed E-state index contributed by atoms with van der Waals surface area (Å²) in [6, 6.07) is 9.59. The maximum atomic E-state index is 13.5. The third-order valence-electron chi connectivity index (χ3n) is 5.20. The number of thioether (sulfide) groups is 1. The molecule has 0 spiro atoms. The summed E-state index contributed by atoms with van der Waals surface area (Å²) in [4.78, 5) is 34.5. The van der Waals surface area contributed by atoms with E-state index in [-0.39, 0.29) is 17.2 Å². The van der Waals surface area contributed by atoms with E-state index in [1.807, 2.05) is 37.3 Å². The van der Waals surface area contributed by atoms with E-state index < -0.39 is 0 Å². The van der Waals surface area contributed by atoms with Crippen LogP contribution >= 0.6 is 23.1 Å². The Morgan fingerprint density at radius 1 is 1.25 bits per heavy atom. The summed E-state index contributed by atoms with van der Waals surface area (Å²) in [5, 5.41) is 1.35. The van der Waals surface area contributed by atoms with Crippen molar-refractivity contribution in [1.82, 2.24) is 14.5 Å². The molecule has 0 radical (unpaired) electrons. The number of aromatic nitrogens is 2. The monoisotopic (exact) mass is 413 g/mol. The van der Waals surface area contributed by atoms with Gasteiger partial charge in [0.2, 0.25) is 5.91 Å². The number of thiophene rings is 1. The van der Waals surface area contributed by atoms with Crippen LogP contribution in [0.15, 0.2) is 40.3 Å². The number of rotatable bonds is 5. The third kappa shape index (κ3) is 3.49. The number of aryl methyl sites for hydroxylation is 2. The van der Waals surface area contributed by atoms with Gasteiger partial charge in [-0.05, 0) is 50.3 Å². The molecule has 1 aromatic carbocycles. The molecule has 28 heavy (non-hydrogen) atoms. The average molecular weight is 414 g/mol. The van der Waals surface area contributed by atoms with E-state index in [0.717, 1.165) is 35.2 Å². The summed E-state index contributed by atoms with van der Waals surface area (Å²) in [5.41, 5.74) is 1.96. The zero-order valence-corrected chi connectivity index (χ0v) is 17.7. The highest BCUT2D eigenvalue weighted by molar-refractivity contribution is 7.99. The molecule has 0 aliphatic heterocycles. The molecule has 3 aromatic rings. The van der Waals surface area contributed by atoms with Gasteiger partial charge in [-0.1, -0.05) is 30.0 Å². The van der Waals surface area contributed by atoms with Gasteiger partial charge in [0.15, 0.2) is 5.16 Å². The smallest absolute Gasteiger partial charge is 0.267 e. The van der Waals surface area contributed by atoms with Crippen LogP contribution in [0.25, 0.3) is 15.9 Å². The van der Waals surface area contributed by atoms with Crippen molar-refractivity contribution in [2.24, 2.45) is 0 Å². The summed E-state index contributed by atoms with van der Waals surface area (Å²) in [6.45, 7) is 2.61. The van der Waals surface area contributed by atoms with E-state index in [1.54, 1.807) is 27.9 Å². The quantitative estimate of drug-likeness (QED) is 0.470. The minimum atomic E-state index is -0.0191. The molecule has 0 atom stereocenters. The second kappa shape index (κ2) is 8.09. The molecule has 2 aromatic heterocycles. The third-order valence-corrected chi connectivity index (χ3v) is 7.31. The number of hydrogen-bond acceptors (Lipinski definition) is 5. The second-order valence-corrected chi connectivity index (χ2v) is 8.98. The number of carbonyl (C=O) groups is 1. The fourth-order valence-electron chi connectivity index (χ4n) is 3.50. The molecule has 146 valence electrons. The van der Waals surface area contributed by atoms with Gasteiger partial charge in [0, 0.05) is 18.5 Å². The molecule has 2 heterocycles. The van der Waals surface area contributed by atoms with Crippen molar-refractivity contribution in [3.63, 3.8) is 0 Å². The Balaban J connectivity index is 1.85. The Morgan fingerprint density at radius 3 is 2.75 bits per heavy atom. The Labute approximate surface area is 172 Å². The van der Waals surface area contributed by atoms with Crippen molar-refractivity contribution in [2.75, 3.05) is 19.3 Å². The first-order valence-corrected chi connectivity index (χ1v) is 11.4. The van der Waals surface area contributed by atoms with E-state index in [2.05, 4.69) is 0 Å². The maximum Gasteiger partial charge on any atom is 0.267 e. The lowest BCUT2D eigenvalue weighted by Gasteiger charge is -2.16. The van der Waals surface area contributed by atoms with Crippen molar-refractivity contribution in [3.8, 4) is 5.69 Å². The molecular formula is C21H23N3O2S2. The predicted octanol–water partition coefficient (Wildman–Crippen LogP) is 3.90. The normalized spacial score (nSPS) is 13.5. The molecule has 0 bridgehead atoms. The van der Waals surface area contributed by atoms with Crippen LogP contribution in [0.2, 0.25) is 0 Å². The first kappa shape index (κ1) is 19.2. The van der Waals surface area contributed by atoms with E-state index in [4.69, 9.17) is 4.98 Å². The molecule has 1 amide bonds. The number of fused-ring (bicyclic) bond motifs is 3. The Hall–Kier alpha value is -2.12. The topological polar surface area (TPSA) is 55.2 Å². The first-order chi connectivity index (χ1) is 13.6. The zero-order valence-electron chi connectivity index (χ0n) is 16.1. The number of nitrogens with zero attached hydrogens (tertiary/aromatic N) is 3. The number of hydrogen-bond donors (Lipinski definition) is 0. The van der Waals surface area contributed by atoms with Gasteiger partial charge in [0.1, 0.15) is 4.83 Å². The van der Waals surface area contributed by atoms with E-state index in [0.29, 0.717) is 11.7 Å². The Kier molecular flexibility index (Phi) is 5.55. The standard InChI is InChI=1S/C21H23N3O2S2/c1-3-23(2)17(25)13-27-21-22-19-18(15-11-7-8-12-16(15)28-19)20(26)24(21)14-9-5-4-6-10-14/h4-6,9-10H,3,7-8,11-13H2,1-2H3. The Bertz CT molecular complexity index is 1070. The van der Waals surface area contributed by atoms with Crippen molar-refractivity contribution in [2.45, 2.75) is 37.8 Å². The minimum absolute atomic E-state index is 0.0191. The van der Waals surface area contributed by atoms with Crippen molar-refractivity contribution in [3.05, 3.63) is 51.1 Å². The van der Waals surface area contributed by atoms with Crippen molar-refractivity contribution in [1.29, 1.82) is 0 Å². The molecule has 5 nitrogen and oxygen atoms in total. The maximum absolute atomic E-state index is 13.5. The largest absolute Gasteiger partial charge is 0.345 e. The lowest BCUT2D eigenvalue weighted by Crippen LogP contribution is -2.28. The molecular weight excluding hydrogens is 390 g/mol. The molecule has 0 unspecified atom stereocenters. The average Bonchev–Trinajstić information content (AvgIpc) is 3.10. The van der Waals surface area contributed by atoms with Gasteiger partial charge < -0.3 is 4.90 Å². The van der Waals surface area contributed by atoms with E-state index >= 15 is 0 Å². The minimum Gasteiger partial charge on any atom is -0.345 e. The van der Waals surface area contributed by atoms with Crippen molar-refractivity contribution < 1.29 is 4.79 Å². The van der Waals surface area contributed by atoms with Crippen LogP contribution in [-0.2, 0) is 17.6 Å². The molecule has 7 heteroatoms. The SMILES string of the molecule is CCN(C)C(=O)CSc1nc2sc3c(c2c(=O)n1-c1ccccc1)CCCC3.